The van der Waals surface area contributed by atoms with E-state index < -0.39 is 5.41 Å². The number of likely N-dealkylation sites (tertiary alicyclic amines) is 1. The van der Waals surface area contributed by atoms with E-state index in [-0.39, 0.29) is 0 Å². The third kappa shape index (κ3) is 4.80. The Morgan fingerprint density at radius 1 is 1.10 bits per heavy atom. The Hall–Kier alpha value is -2.78. The van der Waals surface area contributed by atoms with Crippen LogP contribution in [0.25, 0.3) is 0 Å². The van der Waals surface area contributed by atoms with Gasteiger partial charge in [-0.25, -0.2) is 0 Å². The predicted octanol–water partition coefficient (Wildman–Crippen LogP) is 3.68. The van der Waals surface area contributed by atoms with Gasteiger partial charge in [0.1, 0.15) is 0 Å². The summed E-state index contributed by atoms with van der Waals surface area (Å²) >= 11 is 5.59. The number of piperidine rings is 1. The van der Waals surface area contributed by atoms with Crippen LogP contribution in [0.5, 0.6) is 11.5 Å². The largest absolute Gasteiger partial charge is 0.493 e. The molecule has 1 heterocycles. The molecule has 6 heteroatoms. The van der Waals surface area contributed by atoms with Crippen molar-refractivity contribution in [3.05, 3.63) is 59.7 Å². The van der Waals surface area contributed by atoms with E-state index in [0.717, 1.165) is 66.6 Å². The molecule has 0 atom stereocenters. The number of hydrogen-bond donors (Lipinski definition) is 1. The summed E-state index contributed by atoms with van der Waals surface area (Å²) in [6, 6.07) is 18.6. The molecule has 1 fully saturated rings. The van der Waals surface area contributed by atoms with E-state index in [1.165, 1.54) is 0 Å². The van der Waals surface area contributed by atoms with Crippen LogP contribution in [0.4, 0.5) is 0 Å². The minimum atomic E-state index is -0.410. The highest BCUT2D eigenvalue weighted by Crippen LogP contribution is 2.34. The van der Waals surface area contributed by atoms with E-state index in [9.17, 15) is 5.26 Å². The van der Waals surface area contributed by atoms with Crippen LogP contribution >= 0.6 is 12.2 Å². The third-order valence-corrected chi connectivity index (χ3v) is 5.98. The van der Waals surface area contributed by atoms with Crippen molar-refractivity contribution in [1.29, 1.82) is 5.26 Å². The number of nitrogens with one attached hydrogen (secondary N) is 1. The van der Waals surface area contributed by atoms with Gasteiger partial charge in [0, 0.05) is 19.6 Å². The molecule has 29 heavy (non-hydrogen) atoms. The molecule has 1 aliphatic rings. The molecule has 152 valence electrons. The number of nitriles is 1. The Labute approximate surface area is 178 Å². The van der Waals surface area contributed by atoms with Crippen LogP contribution in [0.3, 0.4) is 0 Å². The van der Waals surface area contributed by atoms with Crippen molar-refractivity contribution in [2.24, 2.45) is 0 Å². The second-order valence-electron chi connectivity index (χ2n) is 7.22. The summed E-state index contributed by atoms with van der Waals surface area (Å²) in [5.41, 5.74) is 1.85. The van der Waals surface area contributed by atoms with E-state index in [1.54, 1.807) is 14.2 Å². The number of benzene rings is 2. The average Bonchev–Trinajstić information content (AvgIpc) is 2.79. The van der Waals surface area contributed by atoms with E-state index in [1.807, 2.05) is 36.4 Å². The van der Waals surface area contributed by atoms with Gasteiger partial charge in [-0.3, -0.25) is 0 Å². The van der Waals surface area contributed by atoms with Crippen LogP contribution in [0.1, 0.15) is 24.0 Å². The van der Waals surface area contributed by atoms with Crippen molar-refractivity contribution < 1.29 is 9.47 Å². The van der Waals surface area contributed by atoms with Crippen LogP contribution in [0.2, 0.25) is 0 Å². The molecule has 0 unspecified atom stereocenters. The van der Waals surface area contributed by atoms with Gasteiger partial charge in [0.15, 0.2) is 16.6 Å². The maximum Gasteiger partial charge on any atom is 0.168 e. The summed E-state index contributed by atoms with van der Waals surface area (Å²) in [6.45, 7) is 2.31. The molecule has 2 aromatic carbocycles. The minimum absolute atomic E-state index is 0.410. The highest BCUT2D eigenvalue weighted by molar-refractivity contribution is 7.80. The maximum atomic E-state index is 9.83. The number of nitrogens with zero attached hydrogens (tertiary/aromatic N) is 2. The molecule has 0 aliphatic carbocycles. The van der Waals surface area contributed by atoms with Gasteiger partial charge in [0.05, 0.1) is 25.7 Å². The second kappa shape index (κ2) is 9.62. The van der Waals surface area contributed by atoms with Crippen LogP contribution < -0.4 is 14.8 Å². The molecule has 2 aromatic rings. The van der Waals surface area contributed by atoms with Crippen molar-refractivity contribution in [1.82, 2.24) is 10.2 Å². The fraction of sp³-hybridized carbons (Fsp3) is 0.391. The van der Waals surface area contributed by atoms with E-state index in [0.29, 0.717) is 0 Å². The van der Waals surface area contributed by atoms with Gasteiger partial charge in [0.2, 0.25) is 0 Å². The zero-order valence-electron chi connectivity index (χ0n) is 17.0. The summed E-state index contributed by atoms with van der Waals surface area (Å²) in [7, 11) is 3.27. The normalized spacial score (nSPS) is 15.3. The molecular formula is C23H27N3O2S. The lowest BCUT2D eigenvalue weighted by Gasteiger charge is -2.38. The van der Waals surface area contributed by atoms with Crippen molar-refractivity contribution in [2.75, 3.05) is 33.9 Å². The summed E-state index contributed by atoms with van der Waals surface area (Å²) in [5.74, 6) is 1.46. The van der Waals surface area contributed by atoms with Crippen LogP contribution in [0.15, 0.2) is 48.5 Å². The van der Waals surface area contributed by atoms with Gasteiger partial charge in [-0.2, -0.15) is 5.26 Å². The average molecular weight is 410 g/mol. The maximum absolute atomic E-state index is 9.83. The van der Waals surface area contributed by atoms with Crippen molar-refractivity contribution in [2.45, 2.75) is 24.7 Å². The van der Waals surface area contributed by atoms with Crippen LogP contribution in [-0.2, 0) is 11.8 Å². The molecule has 0 saturated carbocycles. The van der Waals surface area contributed by atoms with Gasteiger partial charge in [0.25, 0.3) is 0 Å². The van der Waals surface area contributed by atoms with E-state index in [2.05, 4.69) is 28.4 Å². The molecule has 0 amide bonds. The predicted molar refractivity (Wildman–Crippen MR) is 118 cm³/mol. The Morgan fingerprint density at radius 2 is 1.79 bits per heavy atom. The van der Waals surface area contributed by atoms with Gasteiger partial charge in [-0.05, 0) is 54.7 Å². The Balaban J connectivity index is 1.51. The van der Waals surface area contributed by atoms with Gasteiger partial charge in [-0.1, -0.05) is 36.4 Å². The SMILES string of the molecule is COc1ccc(CCNC(=S)N2CCC(C#N)(c3ccccc3)CC2)cc1OC. The van der Waals surface area contributed by atoms with Crippen molar-refractivity contribution >= 4 is 17.3 Å². The lowest BCUT2D eigenvalue weighted by Crippen LogP contribution is -2.48. The van der Waals surface area contributed by atoms with Crippen LogP contribution in [0, 0.1) is 11.3 Å². The molecule has 1 N–H and O–H groups in total. The highest BCUT2D eigenvalue weighted by atomic mass is 32.1. The van der Waals surface area contributed by atoms with Gasteiger partial charge in [-0.15, -0.1) is 0 Å². The third-order valence-electron chi connectivity index (χ3n) is 5.58. The standard InChI is InChI=1S/C23H27N3O2S/c1-27-20-9-8-18(16-21(20)28-2)10-13-25-22(29)26-14-11-23(17-24,12-15-26)19-6-4-3-5-7-19/h3-9,16H,10-15H2,1-2H3,(H,25,29). The minimum Gasteiger partial charge on any atom is -0.493 e. The first-order valence-electron chi connectivity index (χ1n) is 9.82. The molecule has 1 saturated heterocycles. The monoisotopic (exact) mass is 409 g/mol. The Morgan fingerprint density at radius 3 is 2.41 bits per heavy atom. The summed E-state index contributed by atoms with van der Waals surface area (Å²) in [5, 5.41) is 13.9. The Kier molecular flexibility index (Phi) is 6.95. The Bertz CT molecular complexity index is 871. The first-order valence-corrected chi connectivity index (χ1v) is 10.2. The molecule has 3 rings (SSSR count). The zero-order valence-corrected chi connectivity index (χ0v) is 17.8. The van der Waals surface area contributed by atoms with Crippen molar-refractivity contribution in [3.63, 3.8) is 0 Å². The molecular weight excluding hydrogens is 382 g/mol. The molecule has 0 spiro atoms. The van der Waals surface area contributed by atoms with E-state index >= 15 is 0 Å². The molecule has 0 bridgehead atoms. The number of thiocarbonyl (C=S) groups is 1. The molecule has 5 nitrogen and oxygen atoms in total. The molecule has 0 radical (unpaired) electrons. The first kappa shape index (κ1) is 20.9. The zero-order chi connectivity index (χ0) is 20.7. The number of hydrogen-bond acceptors (Lipinski definition) is 4. The van der Waals surface area contributed by atoms with E-state index in [4.69, 9.17) is 21.7 Å². The number of methoxy groups -OCH3 is 2. The highest BCUT2D eigenvalue weighted by Gasteiger charge is 2.36. The summed E-state index contributed by atoms with van der Waals surface area (Å²) in [6.07, 6.45) is 2.40. The van der Waals surface area contributed by atoms with Crippen LogP contribution in [-0.4, -0.2) is 43.9 Å². The fourth-order valence-electron chi connectivity index (χ4n) is 3.78. The quantitative estimate of drug-likeness (QED) is 0.735. The smallest absolute Gasteiger partial charge is 0.168 e. The second-order valence-corrected chi connectivity index (χ2v) is 7.60. The van der Waals surface area contributed by atoms with Gasteiger partial charge >= 0.3 is 0 Å². The lowest BCUT2D eigenvalue weighted by atomic mass is 9.74. The first-order chi connectivity index (χ1) is 14.1. The van der Waals surface area contributed by atoms with Gasteiger partial charge < -0.3 is 19.7 Å². The lowest BCUT2D eigenvalue weighted by molar-refractivity contribution is 0.267. The fourth-order valence-corrected chi connectivity index (χ4v) is 4.06. The number of rotatable bonds is 6. The molecule has 1 aliphatic heterocycles. The molecule has 0 aromatic heterocycles. The summed E-state index contributed by atoms with van der Waals surface area (Å²) in [4.78, 5) is 2.17. The number of ether oxygens (including phenoxy) is 2. The topological polar surface area (TPSA) is 57.5 Å². The summed E-state index contributed by atoms with van der Waals surface area (Å²) < 4.78 is 10.6. The van der Waals surface area contributed by atoms with Crippen molar-refractivity contribution in [3.8, 4) is 17.6 Å².